The fraction of sp³-hybridized carbons (Fsp3) is 0.0769. The van der Waals surface area contributed by atoms with Crippen molar-refractivity contribution in [3.05, 3.63) is 48.5 Å². The Morgan fingerprint density at radius 2 is 1.28 bits per heavy atom. The molecular formula is C13H15ClN2O2. The lowest BCUT2D eigenvalue weighted by atomic mass is 10.3. The molecule has 2 aromatic rings. The van der Waals surface area contributed by atoms with Gasteiger partial charge in [0.15, 0.2) is 0 Å². The van der Waals surface area contributed by atoms with Gasteiger partial charge in [0.2, 0.25) is 0 Å². The first kappa shape index (κ1) is 14.2. The van der Waals surface area contributed by atoms with Gasteiger partial charge in [0.05, 0.1) is 7.11 Å². The van der Waals surface area contributed by atoms with E-state index >= 15 is 0 Å². The molecular weight excluding hydrogens is 252 g/mol. The van der Waals surface area contributed by atoms with Crippen molar-refractivity contribution < 1.29 is 9.47 Å². The summed E-state index contributed by atoms with van der Waals surface area (Å²) in [7, 11) is 1.63. The maximum Gasteiger partial charge on any atom is 0.127 e. The molecule has 96 valence electrons. The maximum atomic E-state index is 5.65. The minimum Gasteiger partial charge on any atom is -0.497 e. The first-order valence-corrected chi connectivity index (χ1v) is 5.20. The fourth-order valence-electron chi connectivity index (χ4n) is 1.40. The van der Waals surface area contributed by atoms with Crippen molar-refractivity contribution >= 4 is 18.1 Å². The van der Waals surface area contributed by atoms with E-state index in [9.17, 15) is 0 Å². The van der Waals surface area contributed by atoms with E-state index in [1.165, 1.54) is 0 Å². The summed E-state index contributed by atoms with van der Waals surface area (Å²) in [6, 6.07) is 14.8. The highest BCUT2D eigenvalue weighted by Gasteiger charge is 1.98. The molecule has 0 unspecified atom stereocenters. The Labute approximate surface area is 112 Å². The van der Waals surface area contributed by atoms with Crippen LogP contribution in [-0.2, 0) is 0 Å². The Kier molecular flexibility index (Phi) is 5.30. The van der Waals surface area contributed by atoms with Gasteiger partial charge in [-0.25, -0.2) is 0 Å². The van der Waals surface area contributed by atoms with Crippen molar-refractivity contribution in [2.75, 3.05) is 12.5 Å². The molecule has 0 fully saturated rings. The summed E-state index contributed by atoms with van der Waals surface area (Å²) in [6.45, 7) is 0. The van der Waals surface area contributed by atoms with Crippen molar-refractivity contribution in [1.82, 2.24) is 0 Å². The molecule has 0 radical (unpaired) electrons. The number of benzene rings is 2. The van der Waals surface area contributed by atoms with Gasteiger partial charge in [-0.05, 0) is 48.5 Å². The monoisotopic (exact) mass is 266 g/mol. The Hall–Kier alpha value is -1.91. The lowest BCUT2D eigenvalue weighted by molar-refractivity contribution is 0.413. The Balaban J connectivity index is 0.00000162. The average molecular weight is 267 g/mol. The standard InChI is InChI=1S/C13H14N2O2.ClH/c1-16-11-6-8-13(9-7-11)17-12-4-2-10(15-14)3-5-12;/h2-9,15H,14H2,1H3;1H. The Bertz CT molecular complexity index is 426. The number of methoxy groups -OCH3 is 1. The highest BCUT2D eigenvalue weighted by molar-refractivity contribution is 5.85. The van der Waals surface area contributed by atoms with Crippen molar-refractivity contribution in [3.8, 4) is 17.2 Å². The lowest BCUT2D eigenvalue weighted by Gasteiger charge is -2.07. The topological polar surface area (TPSA) is 56.5 Å². The van der Waals surface area contributed by atoms with Gasteiger partial charge in [0, 0.05) is 5.69 Å². The van der Waals surface area contributed by atoms with Gasteiger partial charge in [-0.3, -0.25) is 5.84 Å². The third kappa shape index (κ3) is 3.55. The number of nitrogen functional groups attached to an aromatic ring is 1. The van der Waals surface area contributed by atoms with Crippen LogP contribution in [0.4, 0.5) is 5.69 Å². The van der Waals surface area contributed by atoms with E-state index in [1.54, 1.807) is 7.11 Å². The van der Waals surface area contributed by atoms with Crippen LogP contribution in [0, 0.1) is 0 Å². The summed E-state index contributed by atoms with van der Waals surface area (Å²) in [5.74, 6) is 7.61. The van der Waals surface area contributed by atoms with Crippen LogP contribution in [0.2, 0.25) is 0 Å². The number of rotatable bonds is 4. The van der Waals surface area contributed by atoms with Crippen molar-refractivity contribution in [1.29, 1.82) is 0 Å². The molecule has 0 saturated carbocycles. The SMILES string of the molecule is COc1ccc(Oc2ccc(NN)cc2)cc1.Cl. The van der Waals surface area contributed by atoms with Gasteiger partial charge in [-0.15, -0.1) is 12.4 Å². The number of hydrogen-bond donors (Lipinski definition) is 2. The molecule has 0 saturated heterocycles. The first-order valence-electron chi connectivity index (χ1n) is 5.20. The van der Waals surface area contributed by atoms with Crippen LogP contribution in [0.15, 0.2) is 48.5 Å². The number of hydrogen-bond acceptors (Lipinski definition) is 4. The predicted octanol–water partition coefficient (Wildman–Crippen LogP) is 3.19. The van der Waals surface area contributed by atoms with Crippen LogP contribution in [-0.4, -0.2) is 7.11 Å². The second kappa shape index (κ2) is 6.74. The molecule has 0 aromatic heterocycles. The smallest absolute Gasteiger partial charge is 0.127 e. The molecule has 0 heterocycles. The fourth-order valence-corrected chi connectivity index (χ4v) is 1.40. The molecule has 2 rings (SSSR count). The number of nitrogens with two attached hydrogens (primary N) is 1. The summed E-state index contributed by atoms with van der Waals surface area (Å²) in [4.78, 5) is 0. The van der Waals surface area contributed by atoms with Crippen LogP contribution < -0.4 is 20.7 Å². The second-order valence-electron chi connectivity index (χ2n) is 3.45. The normalized spacial score (nSPS) is 9.22. The molecule has 0 aliphatic rings. The summed E-state index contributed by atoms with van der Waals surface area (Å²) in [5.41, 5.74) is 3.40. The zero-order chi connectivity index (χ0) is 12.1. The maximum absolute atomic E-state index is 5.65. The summed E-state index contributed by atoms with van der Waals surface area (Å²) in [5, 5.41) is 0. The molecule has 0 aliphatic carbocycles. The van der Waals surface area contributed by atoms with E-state index < -0.39 is 0 Å². The number of halogens is 1. The number of nitrogens with one attached hydrogen (secondary N) is 1. The highest BCUT2D eigenvalue weighted by Crippen LogP contribution is 2.24. The number of hydrazine groups is 1. The zero-order valence-corrected chi connectivity index (χ0v) is 10.7. The van der Waals surface area contributed by atoms with Crippen LogP contribution in [0.3, 0.4) is 0 Å². The quantitative estimate of drug-likeness (QED) is 0.659. The van der Waals surface area contributed by atoms with E-state index in [0.717, 1.165) is 22.9 Å². The summed E-state index contributed by atoms with van der Waals surface area (Å²) in [6.07, 6.45) is 0. The Morgan fingerprint density at radius 1 is 0.833 bits per heavy atom. The zero-order valence-electron chi connectivity index (χ0n) is 9.92. The van der Waals surface area contributed by atoms with Crippen LogP contribution in [0.25, 0.3) is 0 Å². The minimum absolute atomic E-state index is 0. The molecule has 18 heavy (non-hydrogen) atoms. The lowest BCUT2D eigenvalue weighted by Crippen LogP contribution is -2.05. The molecule has 0 atom stereocenters. The summed E-state index contributed by atoms with van der Waals surface area (Å²) < 4.78 is 10.7. The van der Waals surface area contributed by atoms with Gasteiger partial charge in [0.25, 0.3) is 0 Å². The van der Waals surface area contributed by atoms with Crippen molar-refractivity contribution in [3.63, 3.8) is 0 Å². The molecule has 0 aliphatic heterocycles. The van der Waals surface area contributed by atoms with Crippen molar-refractivity contribution in [2.24, 2.45) is 5.84 Å². The van der Waals surface area contributed by atoms with Crippen molar-refractivity contribution in [2.45, 2.75) is 0 Å². The first-order chi connectivity index (χ1) is 8.31. The minimum atomic E-state index is 0. The highest BCUT2D eigenvalue weighted by atomic mass is 35.5. The van der Waals surface area contributed by atoms with Gasteiger partial charge >= 0.3 is 0 Å². The van der Waals surface area contributed by atoms with E-state index in [1.807, 2.05) is 48.5 Å². The molecule has 2 aromatic carbocycles. The van der Waals surface area contributed by atoms with Gasteiger partial charge in [-0.2, -0.15) is 0 Å². The molecule has 4 nitrogen and oxygen atoms in total. The van der Waals surface area contributed by atoms with Crippen LogP contribution in [0.1, 0.15) is 0 Å². The average Bonchev–Trinajstić information content (AvgIpc) is 2.40. The van der Waals surface area contributed by atoms with E-state index in [4.69, 9.17) is 15.3 Å². The van der Waals surface area contributed by atoms with Crippen LogP contribution >= 0.6 is 12.4 Å². The van der Waals surface area contributed by atoms with Gasteiger partial charge in [-0.1, -0.05) is 0 Å². The van der Waals surface area contributed by atoms with E-state index in [2.05, 4.69) is 5.43 Å². The van der Waals surface area contributed by atoms with E-state index in [0.29, 0.717) is 0 Å². The third-order valence-corrected chi connectivity index (χ3v) is 2.32. The molecule has 0 spiro atoms. The molecule has 5 heteroatoms. The largest absolute Gasteiger partial charge is 0.497 e. The molecule has 0 amide bonds. The van der Waals surface area contributed by atoms with Crippen LogP contribution in [0.5, 0.6) is 17.2 Å². The predicted molar refractivity (Wildman–Crippen MR) is 74.6 cm³/mol. The summed E-state index contributed by atoms with van der Waals surface area (Å²) >= 11 is 0. The number of anilines is 1. The van der Waals surface area contributed by atoms with Gasteiger partial charge < -0.3 is 14.9 Å². The molecule has 0 bridgehead atoms. The third-order valence-electron chi connectivity index (χ3n) is 2.32. The Morgan fingerprint density at radius 3 is 1.72 bits per heavy atom. The number of ether oxygens (including phenoxy) is 2. The molecule has 3 N–H and O–H groups in total. The van der Waals surface area contributed by atoms with E-state index in [-0.39, 0.29) is 12.4 Å². The second-order valence-corrected chi connectivity index (χ2v) is 3.45. The van der Waals surface area contributed by atoms with Gasteiger partial charge in [0.1, 0.15) is 17.2 Å².